The molecule has 0 atom stereocenters. The van der Waals surface area contributed by atoms with Crippen molar-refractivity contribution in [2.45, 2.75) is 25.9 Å². The van der Waals surface area contributed by atoms with E-state index in [0.717, 1.165) is 36.3 Å². The molecule has 0 aliphatic carbocycles. The number of aromatic amines is 1. The van der Waals surface area contributed by atoms with E-state index in [1.165, 1.54) is 35.7 Å². The minimum atomic E-state index is -0.461. The van der Waals surface area contributed by atoms with Gasteiger partial charge < -0.3 is 0 Å². The van der Waals surface area contributed by atoms with Crippen molar-refractivity contribution in [3.8, 4) is 11.1 Å². The number of rotatable bonds is 5. The third-order valence-electron chi connectivity index (χ3n) is 5.12. The topological polar surface area (TPSA) is 58.1 Å². The maximum absolute atomic E-state index is 14.5. The van der Waals surface area contributed by atoms with Crippen LogP contribution in [0.4, 0.5) is 4.39 Å². The zero-order valence-electron chi connectivity index (χ0n) is 15.5. The number of likely N-dealkylation sites (tertiary alicyclic amines) is 1. The molecule has 6 heteroatoms. The number of hydrogen-bond acceptors (Lipinski definition) is 3. The zero-order valence-corrected chi connectivity index (χ0v) is 15.5. The Hall–Kier alpha value is -2.99. The van der Waals surface area contributed by atoms with Crippen LogP contribution in [-0.4, -0.2) is 27.5 Å². The van der Waals surface area contributed by atoms with Gasteiger partial charge in [0.25, 0.3) is 5.56 Å². The molecule has 2 heterocycles. The number of halogens is 1. The van der Waals surface area contributed by atoms with Gasteiger partial charge in [0.1, 0.15) is 5.82 Å². The predicted molar refractivity (Wildman–Crippen MR) is 107 cm³/mol. The Bertz CT molecular complexity index is 1100. The van der Waals surface area contributed by atoms with Gasteiger partial charge in [-0.2, -0.15) is 0 Å². The van der Waals surface area contributed by atoms with Gasteiger partial charge in [-0.05, 0) is 60.8 Å². The van der Waals surface area contributed by atoms with Crippen molar-refractivity contribution in [1.82, 2.24) is 14.5 Å². The molecule has 0 amide bonds. The van der Waals surface area contributed by atoms with E-state index >= 15 is 0 Å². The number of aromatic nitrogens is 2. The molecule has 144 valence electrons. The molecule has 1 aromatic heterocycles. The Labute approximate surface area is 162 Å². The highest BCUT2D eigenvalue weighted by Gasteiger charge is 2.13. The molecule has 28 heavy (non-hydrogen) atoms. The van der Waals surface area contributed by atoms with E-state index in [1.807, 2.05) is 36.4 Å². The Balaban J connectivity index is 1.61. The second kappa shape index (κ2) is 7.94. The molecule has 2 aromatic carbocycles. The molecule has 0 spiro atoms. The summed E-state index contributed by atoms with van der Waals surface area (Å²) < 4.78 is 15.9. The van der Waals surface area contributed by atoms with Gasteiger partial charge in [-0.15, -0.1) is 0 Å². The minimum Gasteiger partial charge on any atom is -0.299 e. The average molecular weight is 379 g/mol. The van der Waals surface area contributed by atoms with Crippen LogP contribution in [0, 0.1) is 5.82 Å². The highest BCUT2D eigenvalue weighted by atomic mass is 19.1. The summed E-state index contributed by atoms with van der Waals surface area (Å²) in [6, 6.07) is 14.1. The molecular weight excluding hydrogens is 357 g/mol. The van der Waals surface area contributed by atoms with Gasteiger partial charge in [0, 0.05) is 24.4 Å². The summed E-state index contributed by atoms with van der Waals surface area (Å²) in [4.78, 5) is 27.7. The lowest BCUT2D eigenvalue weighted by Crippen LogP contribution is -2.28. The summed E-state index contributed by atoms with van der Waals surface area (Å²) >= 11 is 0. The molecule has 0 saturated carbocycles. The number of nitrogens with zero attached hydrogens (tertiary/aromatic N) is 2. The third kappa shape index (κ3) is 4.12. The summed E-state index contributed by atoms with van der Waals surface area (Å²) in [6.07, 6.45) is 3.91. The fourth-order valence-corrected chi connectivity index (χ4v) is 3.69. The molecule has 0 bridgehead atoms. The van der Waals surface area contributed by atoms with Crippen molar-refractivity contribution in [3.05, 3.63) is 92.5 Å². The molecule has 4 rings (SSSR count). The summed E-state index contributed by atoms with van der Waals surface area (Å²) in [5.74, 6) is -0.261. The average Bonchev–Trinajstić information content (AvgIpc) is 3.19. The normalized spacial score (nSPS) is 14.5. The van der Waals surface area contributed by atoms with Crippen LogP contribution in [0.2, 0.25) is 0 Å². The van der Waals surface area contributed by atoms with Crippen molar-refractivity contribution < 1.29 is 4.39 Å². The van der Waals surface area contributed by atoms with Gasteiger partial charge in [-0.25, -0.2) is 9.18 Å². The van der Waals surface area contributed by atoms with Crippen molar-refractivity contribution in [2.75, 3.05) is 13.1 Å². The number of benzene rings is 2. The van der Waals surface area contributed by atoms with Crippen LogP contribution in [0.5, 0.6) is 0 Å². The lowest BCUT2D eigenvalue weighted by molar-refractivity contribution is 0.331. The van der Waals surface area contributed by atoms with E-state index in [4.69, 9.17) is 0 Å². The highest BCUT2D eigenvalue weighted by molar-refractivity contribution is 5.65. The van der Waals surface area contributed by atoms with Crippen LogP contribution in [-0.2, 0) is 13.1 Å². The first-order valence-corrected chi connectivity index (χ1v) is 9.48. The monoisotopic (exact) mass is 379 g/mol. The predicted octanol–water partition coefficient (Wildman–Crippen LogP) is 2.99. The Morgan fingerprint density at radius 3 is 2.50 bits per heavy atom. The fraction of sp³-hybridized carbons (Fsp3) is 0.273. The number of nitrogens with one attached hydrogen (secondary N) is 1. The lowest BCUT2D eigenvalue weighted by Gasteiger charge is -2.16. The standard InChI is InChI=1S/C22H22FN3O2/c23-20-7-6-17(14-25-9-1-2-10-25)13-19(20)18-5-3-4-16(12-18)15-26-11-8-21(27)24-22(26)28/h3-8,11-13H,1-2,9-10,14-15H2,(H,24,27,28). The van der Waals surface area contributed by atoms with E-state index in [9.17, 15) is 14.0 Å². The van der Waals surface area contributed by atoms with Crippen LogP contribution in [0.15, 0.2) is 64.3 Å². The first-order valence-electron chi connectivity index (χ1n) is 9.48. The van der Waals surface area contributed by atoms with Crippen LogP contribution in [0.25, 0.3) is 11.1 Å². The Morgan fingerprint density at radius 2 is 1.71 bits per heavy atom. The summed E-state index contributed by atoms with van der Waals surface area (Å²) in [5.41, 5.74) is 2.41. The van der Waals surface area contributed by atoms with Gasteiger partial charge in [0.15, 0.2) is 0 Å². The third-order valence-corrected chi connectivity index (χ3v) is 5.12. The van der Waals surface area contributed by atoms with Crippen LogP contribution < -0.4 is 11.2 Å². The fourth-order valence-electron chi connectivity index (χ4n) is 3.69. The molecule has 5 nitrogen and oxygen atoms in total. The molecule has 1 saturated heterocycles. The molecule has 1 aliphatic heterocycles. The molecule has 0 radical (unpaired) electrons. The maximum atomic E-state index is 14.5. The zero-order chi connectivity index (χ0) is 19.5. The van der Waals surface area contributed by atoms with Crippen molar-refractivity contribution in [1.29, 1.82) is 0 Å². The Kier molecular flexibility index (Phi) is 5.21. The molecule has 1 aliphatic rings. The summed E-state index contributed by atoms with van der Waals surface area (Å²) in [5, 5.41) is 0. The molecule has 3 aromatic rings. The summed E-state index contributed by atoms with van der Waals surface area (Å²) in [7, 11) is 0. The van der Waals surface area contributed by atoms with E-state index < -0.39 is 11.2 Å². The largest absolute Gasteiger partial charge is 0.328 e. The van der Waals surface area contributed by atoms with Gasteiger partial charge in [0.2, 0.25) is 0 Å². The van der Waals surface area contributed by atoms with E-state index in [1.54, 1.807) is 0 Å². The maximum Gasteiger partial charge on any atom is 0.328 e. The first-order chi connectivity index (χ1) is 13.6. The number of hydrogen-bond donors (Lipinski definition) is 1. The van der Waals surface area contributed by atoms with Gasteiger partial charge in [-0.3, -0.25) is 19.2 Å². The first kappa shape index (κ1) is 18.4. The van der Waals surface area contributed by atoms with Crippen molar-refractivity contribution in [2.24, 2.45) is 0 Å². The molecule has 0 unspecified atom stereocenters. The molecule has 1 N–H and O–H groups in total. The van der Waals surface area contributed by atoms with Crippen LogP contribution in [0.3, 0.4) is 0 Å². The van der Waals surface area contributed by atoms with Gasteiger partial charge in [0.05, 0.1) is 6.54 Å². The SMILES string of the molecule is O=c1ccn(Cc2cccc(-c3cc(CN4CCCC4)ccc3F)c2)c(=O)[nH]1. The second-order valence-corrected chi connectivity index (χ2v) is 7.24. The van der Waals surface area contributed by atoms with Crippen molar-refractivity contribution in [3.63, 3.8) is 0 Å². The quantitative estimate of drug-likeness (QED) is 0.741. The van der Waals surface area contributed by atoms with Crippen LogP contribution in [0.1, 0.15) is 24.0 Å². The Morgan fingerprint density at radius 1 is 0.929 bits per heavy atom. The van der Waals surface area contributed by atoms with Crippen LogP contribution >= 0.6 is 0 Å². The van der Waals surface area contributed by atoms with Gasteiger partial charge in [-0.1, -0.05) is 24.3 Å². The van der Waals surface area contributed by atoms with Gasteiger partial charge >= 0.3 is 5.69 Å². The van der Waals surface area contributed by atoms with E-state index in [2.05, 4.69) is 9.88 Å². The molecular formula is C22H22FN3O2. The second-order valence-electron chi connectivity index (χ2n) is 7.24. The minimum absolute atomic E-state index is 0.261. The van der Waals surface area contributed by atoms with Crippen molar-refractivity contribution >= 4 is 0 Å². The smallest absolute Gasteiger partial charge is 0.299 e. The highest BCUT2D eigenvalue weighted by Crippen LogP contribution is 2.26. The summed E-state index contributed by atoms with van der Waals surface area (Å²) in [6.45, 7) is 3.32. The van der Waals surface area contributed by atoms with E-state index in [0.29, 0.717) is 12.1 Å². The van der Waals surface area contributed by atoms with E-state index in [-0.39, 0.29) is 5.82 Å². The molecule has 1 fully saturated rings. The lowest BCUT2D eigenvalue weighted by atomic mass is 10.00. The number of H-pyrrole nitrogens is 1.